The van der Waals surface area contributed by atoms with Crippen LogP contribution >= 0.6 is 28.1 Å². The van der Waals surface area contributed by atoms with Crippen molar-refractivity contribution in [3.05, 3.63) is 27.2 Å². The number of hydrogen-bond donors (Lipinski definition) is 2. The molecular formula is C14H17BrFN3OS. The van der Waals surface area contributed by atoms with Gasteiger partial charge in [0, 0.05) is 25.1 Å². The molecular weight excluding hydrogens is 357 g/mol. The largest absolute Gasteiger partial charge is 0.354 e. The molecule has 1 unspecified atom stereocenters. The van der Waals surface area contributed by atoms with Crippen molar-refractivity contribution in [1.29, 1.82) is 0 Å². The van der Waals surface area contributed by atoms with E-state index < -0.39 is 0 Å². The number of nitrogens with zero attached hydrogens (tertiary/aromatic N) is 1. The maximum atomic E-state index is 13.5. The third-order valence-electron chi connectivity index (χ3n) is 3.40. The second-order valence-electron chi connectivity index (χ2n) is 4.99. The zero-order valence-corrected chi connectivity index (χ0v) is 14.3. The molecule has 0 saturated carbocycles. The molecule has 2 N–H and O–H groups in total. The van der Waals surface area contributed by atoms with Gasteiger partial charge in [0.1, 0.15) is 5.82 Å². The van der Waals surface area contributed by atoms with Gasteiger partial charge in [-0.15, -0.1) is 0 Å². The van der Waals surface area contributed by atoms with E-state index in [9.17, 15) is 9.18 Å². The Morgan fingerprint density at radius 3 is 2.95 bits per heavy atom. The van der Waals surface area contributed by atoms with E-state index in [-0.39, 0.29) is 17.8 Å². The van der Waals surface area contributed by atoms with Crippen LogP contribution in [0.2, 0.25) is 0 Å². The van der Waals surface area contributed by atoms with Gasteiger partial charge in [-0.2, -0.15) is 0 Å². The number of aryl methyl sites for hydroxylation is 1. The Labute approximate surface area is 135 Å². The number of aromatic nitrogens is 2. The molecule has 1 atom stereocenters. The van der Waals surface area contributed by atoms with Crippen LogP contribution in [0.15, 0.2) is 16.6 Å². The van der Waals surface area contributed by atoms with Crippen LogP contribution in [0.1, 0.15) is 26.7 Å². The highest BCUT2D eigenvalue weighted by atomic mass is 79.9. The Morgan fingerprint density at radius 2 is 2.29 bits per heavy atom. The number of carbonyl (C=O) groups is 1. The van der Waals surface area contributed by atoms with Gasteiger partial charge in [-0.3, -0.25) is 4.79 Å². The van der Waals surface area contributed by atoms with E-state index in [0.717, 1.165) is 11.9 Å². The molecule has 0 spiro atoms. The van der Waals surface area contributed by atoms with Crippen molar-refractivity contribution in [3.63, 3.8) is 0 Å². The summed E-state index contributed by atoms with van der Waals surface area (Å²) < 4.78 is 16.2. The lowest BCUT2D eigenvalue weighted by Crippen LogP contribution is -2.32. The van der Waals surface area contributed by atoms with Gasteiger partial charge in [-0.05, 0) is 47.6 Å². The van der Waals surface area contributed by atoms with Crippen LogP contribution in [0.3, 0.4) is 0 Å². The highest BCUT2D eigenvalue weighted by molar-refractivity contribution is 9.10. The van der Waals surface area contributed by atoms with Gasteiger partial charge in [0.2, 0.25) is 5.91 Å². The third kappa shape index (κ3) is 3.71. The van der Waals surface area contributed by atoms with Gasteiger partial charge in [0.05, 0.1) is 15.5 Å². The molecule has 21 heavy (non-hydrogen) atoms. The van der Waals surface area contributed by atoms with E-state index in [1.54, 1.807) is 6.07 Å². The van der Waals surface area contributed by atoms with E-state index in [4.69, 9.17) is 12.2 Å². The van der Waals surface area contributed by atoms with Gasteiger partial charge < -0.3 is 14.9 Å². The Hall–Kier alpha value is -1.21. The number of fused-ring (bicyclic) bond motifs is 1. The molecule has 2 aromatic rings. The second kappa shape index (κ2) is 6.70. The SMILES string of the molecule is CCC(C)NC(=O)CCn1c(=S)[nH]c2cc(F)c(Br)cc21. The van der Waals surface area contributed by atoms with Crippen molar-refractivity contribution in [2.45, 2.75) is 39.3 Å². The third-order valence-corrected chi connectivity index (χ3v) is 4.33. The van der Waals surface area contributed by atoms with Crippen molar-refractivity contribution in [2.24, 2.45) is 0 Å². The molecule has 0 saturated heterocycles. The molecule has 1 amide bonds. The first-order chi connectivity index (χ1) is 9.92. The minimum atomic E-state index is -0.347. The molecule has 1 heterocycles. The maximum Gasteiger partial charge on any atom is 0.222 e. The zero-order chi connectivity index (χ0) is 15.6. The Kier molecular flexibility index (Phi) is 5.16. The summed E-state index contributed by atoms with van der Waals surface area (Å²) >= 11 is 8.41. The molecule has 2 rings (SSSR count). The predicted molar refractivity (Wildman–Crippen MR) is 87.3 cm³/mol. The molecule has 0 fully saturated rings. The predicted octanol–water partition coefficient (Wildman–Crippen LogP) is 3.91. The lowest BCUT2D eigenvalue weighted by atomic mass is 10.2. The van der Waals surface area contributed by atoms with Crippen molar-refractivity contribution in [1.82, 2.24) is 14.9 Å². The van der Waals surface area contributed by atoms with E-state index in [1.807, 2.05) is 18.4 Å². The fourth-order valence-corrected chi connectivity index (χ4v) is 2.67. The number of rotatable bonds is 5. The van der Waals surface area contributed by atoms with Crippen LogP contribution in [0, 0.1) is 10.6 Å². The van der Waals surface area contributed by atoms with E-state index in [2.05, 4.69) is 26.2 Å². The summed E-state index contributed by atoms with van der Waals surface area (Å²) in [5.41, 5.74) is 1.41. The number of imidazole rings is 1. The summed E-state index contributed by atoms with van der Waals surface area (Å²) in [6.45, 7) is 4.45. The quantitative estimate of drug-likeness (QED) is 0.780. The summed E-state index contributed by atoms with van der Waals surface area (Å²) in [7, 11) is 0. The molecule has 0 aliphatic rings. The standard InChI is InChI=1S/C14H17BrFN3OS/c1-3-8(2)17-13(20)4-5-19-12-6-9(15)10(16)7-11(12)18-14(19)21/h6-8H,3-5H2,1-2H3,(H,17,20)(H,18,21). The number of halogens is 2. The van der Waals surface area contributed by atoms with Gasteiger partial charge >= 0.3 is 0 Å². The van der Waals surface area contributed by atoms with Gasteiger partial charge in [-0.25, -0.2) is 4.39 Å². The number of aromatic amines is 1. The molecule has 114 valence electrons. The molecule has 0 aliphatic carbocycles. The summed E-state index contributed by atoms with van der Waals surface area (Å²) in [5.74, 6) is -0.359. The average molecular weight is 374 g/mol. The number of nitrogens with one attached hydrogen (secondary N) is 2. The Bertz CT molecular complexity index is 725. The fraction of sp³-hybridized carbons (Fsp3) is 0.429. The van der Waals surface area contributed by atoms with Crippen LogP contribution in [-0.4, -0.2) is 21.5 Å². The summed E-state index contributed by atoms with van der Waals surface area (Å²) in [4.78, 5) is 14.8. The molecule has 7 heteroatoms. The van der Waals surface area contributed by atoms with E-state index in [0.29, 0.717) is 27.7 Å². The monoisotopic (exact) mass is 373 g/mol. The van der Waals surface area contributed by atoms with E-state index >= 15 is 0 Å². The van der Waals surface area contributed by atoms with Gasteiger partial charge in [0.15, 0.2) is 4.77 Å². The fourth-order valence-electron chi connectivity index (χ4n) is 2.04. The van der Waals surface area contributed by atoms with Crippen LogP contribution in [0.4, 0.5) is 4.39 Å². The van der Waals surface area contributed by atoms with Gasteiger partial charge in [-0.1, -0.05) is 6.92 Å². The maximum absolute atomic E-state index is 13.5. The van der Waals surface area contributed by atoms with Crippen LogP contribution < -0.4 is 5.32 Å². The highest BCUT2D eigenvalue weighted by Gasteiger charge is 2.11. The second-order valence-corrected chi connectivity index (χ2v) is 6.23. The first kappa shape index (κ1) is 16.2. The number of H-pyrrole nitrogens is 1. The Morgan fingerprint density at radius 1 is 1.57 bits per heavy atom. The molecule has 0 radical (unpaired) electrons. The summed E-state index contributed by atoms with van der Waals surface area (Å²) in [6, 6.07) is 3.23. The minimum absolute atomic E-state index is 0.0122. The minimum Gasteiger partial charge on any atom is -0.354 e. The Balaban J connectivity index is 2.19. The van der Waals surface area contributed by atoms with Crippen LogP contribution in [-0.2, 0) is 11.3 Å². The van der Waals surface area contributed by atoms with Crippen LogP contribution in [0.25, 0.3) is 11.0 Å². The molecule has 1 aromatic heterocycles. The first-order valence-corrected chi connectivity index (χ1v) is 7.99. The summed E-state index contributed by atoms with van der Waals surface area (Å²) in [6.07, 6.45) is 1.23. The zero-order valence-electron chi connectivity index (χ0n) is 11.9. The van der Waals surface area contributed by atoms with Crippen LogP contribution in [0.5, 0.6) is 0 Å². The molecule has 1 aromatic carbocycles. The van der Waals surface area contributed by atoms with Gasteiger partial charge in [0.25, 0.3) is 0 Å². The lowest BCUT2D eigenvalue weighted by molar-refractivity contribution is -0.121. The highest BCUT2D eigenvalue weighted by Crippen LogP contribution is 2.23. The molecule has 0 aliphatic heterocycles. The number of benzene rings is 1. The smallest absolute Gasteiger partial charge is 0.222 e. The lowest BCUT2D eigenvalue weighted by Gasteiger charge is -2.11. The topological polar surface area (TPSA) is 49.8 Å². The normalized spacial score (nSPS) is 12.6. The summed E-state index contributed by atoms with van der Waals surface area (Å²) in [5, 5.41) is 2.91. The molecule has 0 bridgehead atoms. The first-order valence-electron chi connectivity index (χ1n) is 6.79. The van der Waals surface area contributed by atoms with Crippen molar-refractivity contribution in [3.8, 4) is 0 Å². The molecule has 4 nitrogen and oxygen atoms in total. The van der Waals surface area contributed by atoms with Crippen molar-refractivity contribution < 1.29 is 9.18 Å². The van der Waals surface area contributed by atoms with Crippen molar-refractivity contribution in [2.75, 3.05) is 0 Å². The number of carbonyl (C=O) groups excluding carboxylic acids is 1. The number of hydrogen-bond acceptors (Lipinski definition) is 2. The number of amides is 1. The van der Waals surface area contributed by atoms with Crippen molar-refractivity contribution >= 4 is 45.1 Å². The average Bonchev–Trinajstić information content (AvgIpc) is 2.72. The van der Waals surface area contributed by atoms with E-state index in [1.165, 1.54) is 6.07 Å².